The van der Waals surface area contributed by atoms with Gasteiger partial charge in [-0.3, -0.25) is 9.69 Å². The van der Waals surface area contributed by atoms with E-state index in [2.05, 4.69) is 17.1 Å². The number of carboxylic acids is 1. The van der Waals surface area contributed by atoms with Gasteiger partial charge in [0.2, 0.25) is 5.91 Å². The molecule has 6 heteroatoms. The Balaban J connectivity index is 2.02. The van der Waals surface area contributed by atoms with E-state index in [0.29, 0.717) is 17.6 Å². The maximum Gasteiger partial charge on any atom is 0.338 e. The van der Waals surface area contributed by atoms with Crippen molar-refractivity contribution in [3.05, 3.63) is 16.5 Å². The first-order chi connectivity index (χ1) is 10.0. The van der Waals surface area contributed by atoms with Gasteiger partial charge in [0.15, 0.2) is 0 Å². The molecule has 0 saturated carbocycles. The van der Waals surface area contributed by atoms with Gasteiger partial charge < -0.3 is 10.4 Å². The number of aromatic carboxylic acids is 1. The molecule has 1 aliphatic heterocycles. The first-order valence-corrected chi connectivity index (χ1v) is 8.22. The van der Waals surface area contributed by atoms with Gasteiger partial charge in [-0.15, -0.1) is 11.3 Å². The number of nitrogens with one attached hydrogen (secondary N) is 1. The van der Waals surface area contributed by atoms with Crippen molar-refractivity contribution in [2.24, 2.45) is 0 Å². The Labute approximate surface area is 129 Å². The Morgan fingerprint density at radius 2 is 2.24 bits per heavy atom. The maximum absolute atomic E-state index is 12.2. The SMILES string of the molecule is CCc1cc(C(=O)O)c(NC(=O)CN2CCCCC2C)s1. The van der Waals surface area contributed by atoms with Gasteiger partial charge in [-0.1, -0.05) is 13.3 Å². The highest BCUT2D eigenvalue weighted by atomic mass is 32.1. The second kappa shape index (κ2) is 7.04. The molecule has 2 heterocycles. The lowest BCUT2D eigenvalue weighted by Crippen LogP contribution is -2.42. The number of hydrogen-bond acceptors (Lipinski definition) is 4. The summed E-state index contributed by atoms with van der Waals surface area (Å²) in [5.74, 6) is -1.12. The number of anilines is 1. The van der Waals surface area contributed by atoms with E-state index < -0.39 is 5.97 Å². The smallest absolute Gasteiger partial charge is 0.338 e. The third-order valence-electron chi connectivity index (χ3n) is 3.90. The van der Waals surface area contributed by atoms with Crippen LogP contribution in [0.5, 0.6) is 0 Å². The average molecular weight is 310 g/mol. The predicted molar refractivity (Wildman–Crippen MR) is 84.2 cm³/mol. The summed E-state index contributed by atoms with van der Waals surface area (Å²) in [6.07, 6.45) is 4.22. The predicted octanol–water partition coefficient (Wildman–Crippen LogP) is 2.82. The third-order valence-corrected chi connectivity index (χ3v) is 5.10. The van der Waals surface area contributed by atoms with Crippen LogP contribution < -0.4 is 5.32 Å². The van der Waals surface area contributed by atoms with Crippen molar-refractivity contribution >= 4 is 28.2 Å². The lowest BCUT2D eigenvalue weighted by atomic mass is 10.0. The minimum Gasteiger partial charge on any atom is -0.478 e. The van der Waals surface area contributed by atoms with Crippen LogP contribution in [0.4, 0.5) is 5.00 Å². The zero-order chi connectivity index (χ0) is 15.4. The summed E-state index contributed by atoms with van der Waals surface area (Å²) in [6.45, 7) is 5.37. The highest BCUT2D eigenvalue weighted by Crippen LogP contribution is 2.28. The van der Waals surface area contributed by atoms with Gasteiger partial charge in [-0.05, 0) is 38.8 Å². The molecule has 1 amide bonds. The van der Waals surface area contributed by atoms with Crippen LogP contribution in [0.1, 0.15) is 48.3 Å². The summed E-state index contributed by atoms with van der Waals surface area (Å²) in [4.78, 5) is 26.5. The molecule has 0 spiro atoms. The molecule has 0 aromatic carbocycles. The molecule has 1 fully saturated rings. The minimum absolute atomic E-state index is 0.129. The van der Waals surface area contributed by atoms with Gasteiger partial charge in [0.05, 0.1) is 12.1 Å². The van der Waals surface area contributed by atoms with Crippen molar-refractivity contribution < 1.29 is 14.7 Å². The van der Waals surface area contributed by atoms with Crippen LogP contribution in [-0.2, 0) is 11.2 Å². The van der Waals surface area contributed by atoms with E-state index in [1.165, 1.54) is 17.8 Å². The Hall–Kier alpha value is -1.40. The van der Waals surface area contributed by atoms with Crippen molar-refractivity contribution in [3.8, 4) is 0 Å². The number of nitrogens with zero attached hydrogens (tertiary/aromatic N) is 1. The van der Waals surface area contributed by atoms with Crippen molar-refractivity contribution in [2.45, 2.75) is 45.6 Å². The molecule has 5 nitrogen and oxygen atoms in total. The quantitative estimate of drug-likeness (QED) is 0.877. The zero-order valence-electron chi connectivity index (χ0n) is 12.5. The number of thiophene rings is 1. The van der Waals surface area contributed by atoms with Gasteiger partial charge in [0, 0.05) is 10.9 Å². The first-order valence-electron chi connectivity index (χ1n) is 7.41. The lowest BCUT2D eigenvalue weighted by Gasteiger charge is -2.32. The molecule has 1 aromatic rings. The molecule has 1 atom stereocenters. The van der Waals surface area contributed by atoms with E-state index in [1.54, 1.807) is 6.07 Å². The summed E-state index contributed by atoms with van der Waals surface area (Å²) < 4.78 is 0. The number of hydrogen-bond donors (Lipinski definition) is 2. The molecule has 0 bridgehead atoms. The van der Waals surface area contributed by atoms with Gasteiger partial charge >= 0.3 is 5.97 Å². The summed E-state index contributed by atoms with van der Waals surface area (Å²) in [6, 6.07) is 2.06. The summed E-state index contributed by atoms with van der Waals surface area (Å²) >= 11 is 1.35. The fourth-order valence-electron chi connectivity index (χ4n) is 2.61. The van der Waals surface area contributed by atoms with Crippen molar-refractivity contribution in [2.75, 3.05) is 18.4 Å². The molecule has 21 heavy (non-hydrogen) atoms. The largest absolute Gasteiger partial charge is 0.478 e. The van der Waals surface area contributed by atoms with Gasteiger partial charge in [0.1, 0.15) is 5.00 Å². The number of carboxylic acid groups (broad SMARTS) is 1. The molecule has 116 valence electrons. The minimum atomic E-state index is -0.993. The highest BCUT2D eigenvalue weighted by molar-refractivity contribution is 7.16. The lowest BCUT2D eigenvalue weighted by molar-refractivity contribution is -0.118. The number of piperidine rings is 1. The van der Waals surface area contributed by atoms with Crippen LogP contribution in [0.15, 0.2) is 6.07 Å². The van der Waals surface area contributed by atoms with Gasteiger partial charge in [0.25, 0.3) is 0 Å². The van der Waals surface area contributed by atoms with E-state index >= 15 is 0 Å². The molecule has 1 saturated heterocycles. The number of carbonyl (C=O) groups is 2. The second-order valence-corrected chi connectivity index (χ2v) is 6.61. The van der Waals surface area contributed by atoms with E-state index in [1.807, 2.05) is 6.92 Å². The Morgan fingerprint density at radius 3 is 2.86 bits per heavy atom. The molecular weight excluding hydrogens is 288 g/mol. The van der Waals surface area contributed by atoms with Crippen LogP contribution in [-0.4, -0.2) is 41.0 Å². The second-order valence-electron chi connectivity index (χ2n) is 5.48. The van der Waals surface area contributed by atoms with Crippen molar-refractivity contribution in [3.63, 3.8) is 0 Å². The summed E-state index contributed by atoms with van der Waals surface area (Å²) in [7, 11) is 0. The van der Waals surface area contributed by atoms with E-state index in [9.17, 15) is 14.7 Å². The van der Waals surface area contributed by atoms with Gasteiger partial charge in [-0.25, -0.2) is 4.79 Å². The average Bonchev–Trinajstić information content (AvgIpc) is 2.84. The fourth-order valence-corrected chi connectivity index (χ4v) is 3.62. The fraction of sp³-hybridized carbons (Fsp3) is 0.600. The normalized spacial score (nSPS) is 19.4. The number of carbonyl (C=O) groups excluding carboxylic acids is 1. The maximum atomic E-state index is 12.2. The van der Waals surface area contributed by atoms with E-state index in [4.69, 9.17) is 0 Å². The number of rotatable bonds is 5. The molecule has 0 aliphatic carbocycles. The highest BCUT2D eigenvalue weighted by Gasteiger charge is 2.22. The number of amides is 1. The monoisotopic (exact) mass is 310 g/mol. The first kappa shape index (κ1) is 16.0. The summed E-state index contributed by atoms with van der Waals surface area (Å²) in [5.41, 5.74) is 0.192. The van der Waals surface area contributed by atoms with Crippen molar-refractivity contribution in [1.82, 2.24) is 4.90 Å². The van der Waals surface area contributed by atoms with Crippen LogP contribution >= 0.6 is 11.3 Å². The van der Waals surface area contributed by atoms with Crippen LogP contribution in [0.3, 0.4) is 0 Å². The Morgan fingerprint density at radius 1 is 1.48 bits per heavy atom. The van der Waals surface area contributed by atoms with Crippen LogP contribution in [0.25, 0.3) is 0 Å². The van der Waals surface area contributed by atoms with Crippen LogP contribution in [0, 0.1) is 0 Å². The number of aryl methyl sites for hydroxylation is 1. The molecule has 1 unspecified atom stereocenters. The molecule has 1 aromatic heterocycles. The third kappa shape index (κ3) is 4.04. The topological polar surface area (TPSA) is 69.6 Å². The van der Waals surface area contributed by atoms with Gasteiger partial charge in [-0.2, -0.15) is 0 Å². The summed E-state index contributed by atoms with van der Waals surface area (Å²) in [5, 5.41) is 12.4. The standard InChI is InChI=1S/C15H22N2O3S/c1-3-11-8-12(15(19)20)14(21-11)16-13(18)9-17-7-5-4-6-10(17)2/h8,10H,3-7,9H2,1-2H3,(H,16,18)(H,19,20). The molecule has 1 aliphatic rings. The molecule has 2 rings (SSSR count). The molecule has 2 N–H and O–H groups in total. The van der Waals surface area contributed by atoms with Crippen LogP contribution in [0.2, 0.25) is 0 Å². The number of likely N-dealkylation sites (tertiary alicyclic amines) is 1. The zero-order valence-corrected chi connectivity index (χ0v) is 13.3. The Kier molecular flexibility index (Phi) is 5.36. The Bertz CT molecular complexity index is 527. The van der Waals surface area contributed by atoms with E-state index in [0.717, 1.165) is 30.7 Å². The molecule has 0 radical (unpaired) electrons. The molecular formula is C15H22N2O3S. The van der Waals surface area contributed by atoms with Crippen molar-refractivity contribution in [1.29, 1.82) is 0 Å². The van der Waals surface area contributed by atoms with E-state index in [-0.39, 0.29) is 11.5 Å².